The van der Waals surface area contributed by atoms with Crippen LogP contribution in [0.4, 0.5) is 0 Å². The first kappa shape index (κ1) is 6.84. The molecule has 0 aromatic heterocycles. The summed E-state index contributed by atoms with van der Waals surface area (Å²) in [6, 6.07) is 0. The van der Waals surface area contributed by atoms with Crippen LogP contribution in [-0.2, 0) is 15.9 Å². The number of rotatable bonds is 2. The SMILES string of the molecule is C=C/C=C\[C](N)=[Cr]. The Morgan fingerprint density at radius 2 is 2.29 bits per heavy atom. The molecule has 0 unspecified atom stereocenters. The van der Waals surface area contributed by atoms with Gasteiger partial charge in [-0.15, -0.1) is 0 Å². The molecule has 0 fully saturated rings. The summed E-state index contributed by atoms with van der Waals surface area (Å²) in [6.45, 7) is 3.46. The van der Waals surface area contributed by atoms with Crippen LogP contribution < -0.4 is 5.73 Å². The van der Waals surface area contributed by atoms with Crippen LogP contribution in [0, 0.1) is 0 Å². The summed E-state index contributed by atoms with van der Waals surface area (Å²) in [5.41, 5.74) is 5.20. The Morgan fingerprint density at radius 1 is 1.71 bits per heavy atom. The molecule has 7 heavy (non-hydrogen) atoms. The maximum atomic E-state index is 5.20. The van der Waals surface area contributed by atoms with Gasteiger partial charge >= 0.3 is 50.9 Å². The van der Waals surface area contributed by atoms with E-state index in [2.05, 4.69) is 22.4 Å². The minimum atomic E-state index is 0.680. The molecule has 0 saturated carbocycles. The molecule has 0 aromatic rings. The van der Waals surface area contributed by atoms with Crippen LogP contribution in [0.3, 0.4) is 0 Å². The molecule has 2 N–H and O–H groups in total. The van der Waals surface area contributed by atoms with E-state index in [0.717, 1.165) is 0 Å². The molecule has 2 heteroatoms. The van der Waals surface area contributed by atoms with E-state index in [-0.39, 0.29) is 0 Å². The first-order valence-electron chi connectivity index (χ1n) is 1.86. The average molecular weight is 133 g/mol. The van der Waals surface area contributed by atoms with Gasteiger partial charge in [-0.1, -0.05) is 0 Å². The van der Waals surface area contributed by atoms with E-state index in [9.17, 15) is 0 Å². The van der Waals surface area contributed by atoms with Gasteiger partial charge in [-0.3, -0.25) is 0 Å². The maximum absolute atomic E-state index is 5.20. The summed E-state index contributed by atoms with van der Waals surface area (Å²) < 4.78 is 0.680. The standard InChI is InChI=1S/C5H7N.Cr/c1-2-3-4-5-6;/h2-4H,1,6H2;/b4-3-;. The monoisotopic (exact) mass is 133 g/mol. The molecular formula is C5H7CrN. The molecule has 0 atom stereocenters. The van der Waals surface area contributed by atoms with Crippen molar-refractivity contribution in [2.75, 3.05) is 0 Å². The molecule has 0 spiro atoms. The van der Waals surface area contributed by atoms with Gasteiger partial charge in [0.1, 0.15) is 0 Å². The molecule has 0 saturated heterocycles. The van der Waals surface area contributed by atoms with Crippen molar-refractivity contribution in [3.63, 3.8) is 0 Å². The molecule has 0 rings (SSSR count). The molecule has 1 nitrogen and oxygen atoms in total. The van der Waals surface area contributed by atoms with E-state index >= 15 is 0 Å². The van der Waals surface area contributed by atoms with E-state index in [1.54, 1.807) is 18.2 Å². The second-order valence-electron chi connectivity index (χ2n) is 0.997. The molecule has 0 bridgehead atoms. The minimum absolute atomic E-state index is 0.680. The second kappa shape index (κ2) is 4.01. The van der Waals surface area contributed by atoms with Crippen molar-refractivity contribution in [1.29, 1.82) is 0 Å². The zero-order valence-corrected chi connectivity index (χ0v) is 5.20. The van der Waals surface area contributed by atoms with E-state index in [1.165, 1.54) is 0 Å². The second-order valence-corrected chi connectivity index (χ2v) is 1.73. The van der Waals surface area contributed by atoms with Crippen molar-refractivity contribution in [3.05, 3.63) is 24.8 Å². The summed E-state index contributed by atoms with van der Waals surface area (Å²) in [7, 11) is 0. The van der Waals surface area contributed by atoms with Crippen LogP contribution in [0.15, 0.2) is 24.8 Å². The Hall–Kier alpha value is -0.158. The summed E-state index contributed by atoms with van der Waals surface area (Å²) in [5, 5.41) is 0. The quantitative estimate of drug-likeness (QED) is 0.541. The van der Waals surface area contributed by atoms with Crippen LogP contribution in [0.1, 0.15) is 0 Å². The number of hydrogen-bond donors (Lipinski definition) is 1. The molecule has 0 heterocycles. The van der Waals surface area contributed by atoms with Gasteiger partial charge in [0.15, 0.2) is 0 Å². The predicted molar refractivity (Wildman–Crippen MR) is 28.5 cm³/mol. The van der Waals surface area contributed by atoms with Gasteiger partial charge in [-0.05, 0) is 0 Å². The molecule has 0 aliphatic rings. The third-order valence-electron chi connectivity index (χ3n) is 0.397. The Morgan fingerprint density at radius 3 is 2.43 bits per heavy atom. The van der Waals surface area contributed by atoms with Crippen molar-refractivity contribution in [3.8, 4) is 0 Å². The average Bonchev–Trinajstić information content (AvgIpc) is 1.61. The first-order chi connectivity index (χ1) is 3.27. The van der Waals surface area contributed by atoms with Crippen LogP contribution in [0.5, 0.6) is 0 Å². The van der Waals surface area contributed by atoms with Gasteiger partial charge in [0.25, 0.3) is 0 Å². The zero-order chi connectivity index (χ0) is 5.70. The number of hydrogen-bond acceptors (Lipinski definition) is 1. The van der Waals surface area contributed by atoms with E-state index in [1.807, 2.05) is 0 Å². The van der Waals surface area contributed by atoms with E-state index in [0.29, 0.717) is 4.50 Å². The molecule has 38 valence electrons. The molecule has 0 aromatic carbocycles. The van der Waals surface area contributed by atoms with Gasteiger partial charge in [0.2, 0.25) is 0 Å². The van der Waals surface area contributed by atoms with Gasteiger partial charge in [-0.2, -0.15) is 0 Å². The van der Waals surface area contributed by atoms with Gasteiger partial charge in [0.05, 0.1) is 0 Å². The molecule has 0 aliphatic carbocycles. The Labute approximate surface area is 51.5 Å². The summed E-state index contributed by atoms with van der Waals surface area (Å²) in [4.78, 5) is 0. The fraction of sp³-hybridized carbons (Fsp3) is 0. The van der Waals surface area contributed by atoms with Crippen LogP contribution >= 0.6 is 0 Å². The number of nitrogens with two attached hydrogens (primary N) is 1. The third-order valence-corrected chi connectivity index (χ3v) is 0.609. The molecule has 0 radical (unpaired) electrons. The molecule has 0 amide bonds. The van der Waals surface area contributed by atoms with Crippen molar-refractivity contribution in [1.82, 2.24) is 0 Å². The first-order valence-corrected chi connectivity index (χ1v) is 2.49. The predicted octanol–water partition coefficient (Wildman–Crippen LogP) is 0.364. The van der Waals surface area contributed by atoms with E-state index in [4.69, 9.17) is 5.73 Å². The van der Waals surface area contributed by atoms with Crippen LogP contribution in [0.2, 0.25) is 0 Å². The third kappa shape index (κ3) is 5.84. The number of allylic oxidation sites excluding steroid dienone is 2. The van der Waals surface area contributed by atoms with Crippen molar-refractivity contribution >= 4 is 4.50 Å². The van der Waals surface area contributed by atoms with Gasteiger partial charge < -0.3 is 0 Å². The van der Waals surface area contributed by atoms with Crippen molar-refractivity contribution in [2.45, 2.75) is 0 Å². The normalized spacial score (nSPS) is 9.29. The Kier molecular flexibility index (Phi) is 3.92. The Bertz CT molecular complexity index is 105. The Balaban J connectivity index is 3.46. The van der Waals surface area contributed by atoms with E-state index < -0.39 is 0 Å². The fourth-order valence-electron chi connectivity index (χ4n) is 0.163. The zero-order valence-electron chi connectivity index (χ0n) is 3.92. The summed E-state index contributed by atoms with van der Waals surface area (Å²) in [6.07, 6.45) is 5.18. The topological polar surface area (TPSA) is 26.0 Å². The van der Waals surface area contributed by atoms with Gasteiger partial charge in [-0.25, -0.2) is 0 Å². The fourth-order valence-corrected chi connectivity index (χ4v) is 0.286. The van der Waals surface area contributed by atoms with Crippen LogP contribution in [-0.4, -0.2) is 4.50 Å². The van der Waals surface area contributed by atoms with Crippen LogP contribution in [0.25, 0.3) is 0 Å². The summed E-state index contributed by atoms with van der Waals surface area (Å²) in [5.74, 6) is 0. The molecule has 0 aliphatic heterocycles. The van der Waals surface area contributed by atoms with Gasteiger partial charge in [0, 0.05) is 0 Å². The van der Waals surface area contributed by atoms with Crippen molar-refractivity contribution in [2.24, 2.45) is 5.73 Å². The summed E-state index contributed by atoms with van der Waals surface area (Å²) >= 11 is 2.63. The van der Waals surface area contributed by atoms with Crippen molar-refractivity contribution < 1.29 is 15.9 Å². The molecular weight excluding hydrogens is 126 g/mol.